The van der Waals surface area contributed by atoms with Gasteiger partial charge in [-0.1, -0.05) is 75.7 Å². The number of hydrogen-bond donors (Lipinski definition) is 4. The molecule has 12 nitrogen and oxygen atoms in total. The van der Waals surface area contributed by atoms with Crippen LogP contribution in [0.5, 0.6) is 0 Å². The van der Waals surface area contributed by atoms with Crippen molar-refractivity contribution in [1.29, 1.82) is 0 Å². The van der Waals surface area contributed by atoms with E-state index in [-0.39, 0.29) is 12.6 Å². The summed E-state index contributed by atoms with van der Waals surface area (Å²) in [6.45, 7) is 10.3. The molecule has 1 spiro atoms. The molecular formula is C40H51N7O5. The van der Waals surface area contributed by atoms with Gasteiger partial charge in [-0.05, 0) is 59.6 Å². The number of H-pyrrole nitrogens is 2. The van der Waals surface area contributed by atoms with Crippen molar-refractivity contribution in [3.63, 3.8) is 0 Å². The fourth-order valence-electron chi connectivity index (χ4n) is 6.28. The van der Waals surface area contributed by atoms with Gasteiger partial charge in [0.25, 0.3) is 0 Å². The number of methoxy groups -OCH3 is 1. The quantitative estimate of drug-likeness (QED) is 0.0902. The number of aromatic nitrogens is 4. The van der Waals surface area contributed by atoms with Crippen molar-refractivity contribution in [2.75, 3.05) is 47.0 Å². The number of rotatable bonds is 10. The summed E-state index contributed by atoms with van der Waals surface area (Å²) in [7, 11) is 3.34. The largest absolute Gasteiger partial charge is 0.453 e. The topological polar surface area (TPSA) is 146 Å². The van der Waals surface area contributed by atoms with E-state index in [1.54, 1.807) is 0 Å². The third kappa shape index (κ3) is 9.71. The van der Waals surface area contributed by atoms with Crippen molar-refractivity contribution >= 4 is 23.2 Å². The number of ether oxygens (including phenoxy) is 3. The summed E-state index contributed by atoms with van der Waals surface area (Å²) < 4.78 is 16.0. The zero-order valence-corrected chi connectivity index (χ0v) is 30.8. The first-order chi connectivity index (χ1) is 25.3. The molecule has 2 saturated heterocycles. The van der Waals surface area contributed by atoms with E-state index in [0.29, 0.717) is 19.5 Å². The zero-order chi connectivity index (χ0) is 36.9. The summed E-state index contributed by atoms with van der Waals surface area (Å²) in [4.78, 5) is 38.1. The van der Waals surface area contributed by atoms with Gasteiger partial charge >= 0.3 is 6.09 Å². The molecule has 2 aliphatic heterocycles. The van der Waals surface area contributed by atoms with Gasteiger partial charge in [-0.3, -0.25) is 4.90 Å². The molecule has 0 radical (unpaired) electrons. The van der Waals surface area contributed by atoms with Crippen molar-refractivity contribution < 1.29 is 23.8 Å². The monoisotopic (exact) mass is 709 g/mol. The molecule has 4 N–H and O–H groups in total. The molecule has 0 saturated carbocycles. The Balaban J connectivity index is 0.000000417. The van der Waals surface area contributed by atoms with Crippen LogP contribution in [0.25, 0.3) is 44.4 Å². The predicted octanol–water partition coefficient (Wildman–Crippen LogP) is 6.86. The SMILES string of the molecule is CCC.CCCNCc1ncc(-c2ccc3cc(-c4ccc(-c5cnc(C6CC7(CN6C)OCCO7)[nH]5)cc4)ccc3c2)[nH]1.COC(=O)NCC=O. The van der Waals surface area contributed by atoms with Gasteiger partial charge in [0.1, 0.15) is 17.9 Å². The summed E-state index contributed by atoms with van der Waals surface area (Å²) in [6.07, 6.45) is 7.00. The van der Waals surface area contributed by atoms with Crippen LogP contribution >= 0.6 is 0 Å². The number of carbonyl (C=O) groups is 2. The Labute approximate surface area is 305 Å². The van der Waals surface area contributed by atoms with Gasteiger partial charge in [0.05, 0.1) is 69.8 Å². The molecular weight excluding hydrogens is 658 g/mol. The van der Waals surface area contributed by atoms with Crippen LogP contribution in [0.4, 0.5) is 4.79 Å². The number of nitrogens with one attached hydrogen (secondary N) is 4. The molecule has 5 aromatic rings. The maximum atomic E-state index is 10.1. The average Bonchev–Trinajstić information content (AvgIpc) is 3.99. The Morgan fingerprint density at radius 2 is 1.54 bits per heavy atom. The lowest BCUT2D eigenvalue weighted by molar-refractivity contribution is -0.145. The zero-order valence-electron chi connectivity index (χ0n) is 30.8. The van der Waals surface area contributed by atoms with Crippen molar-refractivity contribution in [1.82, 2.24) is 35.5 Å². The third-order valence-corrected chi connectivity index (χ3v) is 8.79. The maximum Gasteiger partial charge on any atom is 0.407 e. The molecule has 1 atom stereocenters. The van der Waals surface area contributed by atoms with E-state index >= 15 is 0 Å². The fraction of sp³-hybridized carbons (Fsp3) is 0.400. The molecule has 276 valence electrons. The lowest BCUT2D eigenvalue weighted by Gasteiger charge is -2.20. The molecule has 12 heteroatoms. The van der Waals surface area contributed by atoms with Crippen LogP contribution in [0.3, 0.4) is 0 Å². The number of nitrogens with zero attached hydrogens (tertiary/aromatic N) is 3. The highest BCUT2D eigenvalue weighted by Gasteiger charge is 2.48. The molecule has 0 bridgehead atoms. The van der Waals surface area contributed by atoms with Crippen LogP contribution in [0.15, 0.2) is 73.1 Å². The minimum absolute atomic E-state index is 0.00662. The van der Waals surface area contributed by atoms with Gasteiger partial charge in [0, 0.05) is 12.0 Å². The number of fused-ring (bicyclic) bond motifs is 1. The fourth-order valence-corrected chi connectivity index (χ4v) is 6.28. The summed E-state index contributed by atoms with van der Waals surface area (Å²) in [5.74, 6) is 1.44. The van der Waals surface area contributed by atoms with Crippen molar-refractivity contribution in [3.8, 4) is 33.6 Å². The molecule has 1 amide bonds. The molecule has 7 rings (SSSR count). The van der Waals surface area contributed by atoms with E-state index in [4.69, 9.17) is 14.5 Å². The molecule has 3 aromatic carbocycles. The lowest BCUT2D eigenvalue weighted by atomic mass is 9.98. The molecule has 2 aliphatic rings. The highest BCUT2D eigenvalue weighted by atomic mass is 16.7. The molecule has 0 aliphatic carbocycles. The molecule has 2 aromatic heterocycles. The summed E-state index contributed by atoms with van der Waals surface area (Å²) in [6, 6.07) is 22.1. The normalized spacial score (nSPS) is 16.2. The number of carbonyl (C=O) groups excluding carboxylic acids is 2. The number of aromatic amines is 2. The third-order valence-electron chi connectivity index (χ3n) is 8.79. The number of amides is 1. The summed E-state index contributed by atoms with van der Waals surface area (Å²) in [5, 5.41) is 7.97. The second-order valence-electron chi connectivity index (χ2n) is 12.9. The van der Waals surface area contributed by atoms with E-state index in [1.165, 1.54) is 35.4 Å². The first kappa shape index (κ1) is 38.4. The van der Waals surface area contributed by atoms with Gasteiger partial charge in [0.2, 0.25) is 0 Å². The number of alkyl carbamates (subject to hydrolysis) is 1. The Kier molecular flexibility index (Phi) is 13.7. The van der Waals surface area contributed by atoms with Crippen molar-refractivity contribution in [3.05, 3.63) is 84.7 Å². The first-order valence-corrected chi connectivity index (χ1v) is 18.0. The molecule has 1 unspecified atom stereocenters. The first-order valence-electron chi connectivity index (χ1n) is 18.0. The molecule has 4 heterocycles. The van der Waals surface area contributed by atoms with Crippen LogP contribution in [0.1, 0.15) is 57.7 Å². The number of hydrogen-bond acceptors (Lipinski definition) is 9. The van der Waals surface area contributed by atoms with E-state index in [2.05, 4.69) is 124 Å². The van der Waals surface area contributed by atoms with Gasteiger partial charge in [0.15, 0.2) is 5.79 Å². The van der Waals surface area contributed by atoms with Crippen molar-refractivity contribution in [2.24, 2.45) is 0 Å². The van der Waals surface area contributed by atoms with E-state index in [9.17, 15) is 9.59 Å². The van der Waals surface area contributed by atoms with Gasteiger partial charge in [-0.2, -0.15) is 0 Å². The van der Waals surface area contributed by atoms with Crippen LogP contribution in [0.2, 0.25) is 0 Å². The Hall–Kier alpha value is -4.88. The second kappa shape index (κ2) is 18.6. The number of aldehydes is 1. The van der Waals surface area contributed by atoms with Crippen LogP contribution < -0.4 is 10.6 Å². The number of likely N-dealkylation sites (N-methyl/N-ethyl adjacent to an activating group) is 1. The smallest absolute Gasteiger partial charge is 0.407 e. The van der Waals surface area contributed by atoms with Crippen LogP contribution in [0, 0.1) is 0 Å². The van der Waals surface area contributed by atoms with E-state index in [0.717, 1.165) is 66.6 Å². The van der Waals surface area contributed by atoms with Crippen LogP contribution in [-0.4, -0.2) is 90.0 Å². The summed E-state index contributed by atoms with van der Waals surface area (Å²) in [5.41, 5.74) is 6.70. The predicted molar refractivity (Wildman–Crippen MR) is 204 cm³/mol. The Bertz CT molecular complexity index is 1880. The summed E-state index contributed by atoms with van der Waals surface area (Å²) >= 11 is 0. The minimum Gasteiger partial charge on any atom is -0.453 e. The van der Waals surface area contributed by atoms with E-state index in [1.807, 2.05) is 12.4 Å². The van der Waals surface area contributed by atoms with E-state index < -0.39 is 11.9 Å². The average molecular weight is 710 g/mol. The van der Waals surface area contributed by atoms with Gasteiger partial charge < -0.3 is 39.6 Å². The minimum atomic E-state index is -0.586. The van der Waals surface area contributed by atoms with Gasteiger partial charge in [-0.15, -0.1) is 0 Å². The molecule has 2 fully saturated rings. The Morgan fingerprint density at radius 1 is 0.923 bits per heavy atom. The molecule has 52 heavy (non-hydrogen) atoms. The second-order valence-corrected chi connectivity index (χ2v) is 12.9. The lowest BCUT2D eigenvalue weighted by Crippen LogP contribution is -2.32. The number of benzene rings is 3. The number of likely N-dealkylation sites (tertiary alicyclic amines) is 1. The Morgan fingerprint density at radius 3 is 2.21 bits per heavy atom. The standard InChI is InChI=1S/C33H36N6O2.C4H7NO3.C3H8/c1-3-12-34-20-31-35-18-29(37-31)27-11-10-25-15-24(8-9-26(25)16-27)22-4-6-23(7-5-22)28-19-36-32(38-28)30-17-33(21-39(30)2)40-13-14-41-33;1-8-4(7)5-2-3-6;1-3-2/h4-11,15-16,18-19,30,34H,3,12-14,17,20-21H2,1-2H3,(H,35,37)(H,36,38);3H,2H2,1H3,(H,5,7);3H2,1-2H3. The van der Waals surface area contributed by atoms with Crippen molar-refractivity contribution in [2.45, 2.75) is 58.4 Å². The number of imidazole rings is 2. The van der Waals surface area contributed by atoms with Gasteiger partial charge in [-0.25, -0.2) is 14.8 Å². The van der Waals surface area contributed by atoms with Crippen LogP contribution in [-0.2, 0) is 25.5 Å². The highest BCUT2D eigenvalue weighted by Crippen LogP contribution is 2.41. The maximum absolute atomic E-state index is 10.1. The highest BCUT2D eigenvalue weighted by molar-refractivity contribution is 5.90.